The van der Waals surface area contributed by atoms with Crippen molar-refractivity contribution >= 4 is 11.5 Å². The lowest BCUT2D eigenvalue weighted by Crippen LogP contribution is -2.15. The van der Waals surface area contributed by atoms with Crippen LogP contribution in [-0.4, -0.2) is 10.7 Å². The molecule has 0 radical (unpaired) electrons. The van der Waals surface area contributed by atoms with E-state index in [1.54, 1.807) is 0 Å². The number of hydrogen-bond donors (Lipinski definition) is 1. The van der Waals surface area contributed by atoms with Crippen LogP contribution in [0.5, 0.6) is 5.75 Å². The second-order valence-corrected chi connectivity index (χ2v) is 16.6. The van der Waals surface area contributed by atoms with E-state index in [9.17, 15) is 0 Å². The van der Waals surface area contributed by atoms with Gasteiger partial charge >= 0.3 is 0 Å². The van der Waals surface area contributed by atoms with Crippen molar-refractivity contribution in [3.63, 3.8) is 0 Å². The van der Waals surface area contributed by atoms with Crippen molar-refractivity contribution in [3.05, 3.63) is 70.2 Å². The molecular formula is C43H60N2O. The fourth-order valence-corrected chi connectivity index (χ4v) is 9.38. The van der Waals surface area contributed by atoms with Gasteiger partial charge in [-0.05, 0) is 116 Å². The molecule has 3 heteroatoms. The Morgan fingerprint density at radius 3 is 1.74 bits per heavy atom. The number of aliphatic imine (C=N–C) groups is 1. The summed E-state index contributed by atoms with van der Waals surface area (Å²) in [5.41, 5.74) is 9.65. The van der Waals surface area contributed by atoms with E-state index >= 15 is 0 Å². The summed E-state index contributed by atoms with van der Waals surface area (Å²) in [5, 5.41) is 0. The lowest BCUT2D eigenvalue weighted by Gasteiger charge is -2.26. The number of H-pyrrole nitrogens is 1. The molecule has 0 atom stereocenters. The van der Waals surface area contributed by atoms with Crippen LogP contribution in [0.15, 0.2) is 52.7 Å². The molecule has 0 unspecified atom stereocenters. The molecule has 0 bridgehead atoms. The minimum atomic E-state index is 0.115. The van der Waals surface area contributed by atoms with Crippen molar-refractivity contribution in [2.45, 2.75) is 166 Å². The van der Waals surface area contributed by atoms with Gasteiger partial charge in [0, 0.05) is 17.3 Å². The fraction of sp³-hybridized carbons (Fsp3) is 0.651. The molecule has 5 aliphatic rings. The molecule has 0 amide bonds. The summed E-state index contributed by atoms with van der Waals surface area (Å²) in [6.45, 7) is 6.87. The highest BCUT2D eigenvalue weighted by atomic mass is 16.5. The fourth-order valence-electron chi connectivity index (χ4n) is 9.38. The van der Waals surface area contributed by atoms with Crippen LogP contribution in [0.1, 0.15) is 184 Å². The summed E-state index contributed by atoms with van der Waals surface area (Å²) >= 11 is 0. The summed E-state index contributed by atoms with van der Waals surface area (Å²) in [4.78, 5) is 9.78. The number of hydrogen-bond acceptors (Lipinski definition) is 2. The number of ether oxygens (including phenoxy) is 1. The highest BCUT2D eigenvalue weighted by Gasteiger charge is 2.34. The van der Waals surface area contributed by atoms with Crippen molar-refractivity contribution in [1.29, 1.82) is 0 Å². The molecular weight excluding hydrogens is 560 g/mol. The Kier molecular flexibility index (Phi) is 9.94. The Hall–Kier alpha value is -2.55. The van der Waals surface area contributed by atoms with Gasteiger partial charge in [0.2, 0.25) is 0 Å². The standard InChI is InChI=1S/C43H60N2O/c1-43(2,3)34-24-26-35(27-25-34)46-42(40-36(30-16-8-4-9-17-30)28-38(44-40)32-20-12-6-13-21-32)41-37(31-18-10-5-11-19-31)29-39(45-41)33-22-14-7-15-23-33/h24-33,44H,4-23H2,1-3H3/b42-41+. The van der Waals surface area contributed by atoms with Gasteiger partial charge < -0.3 is 9.72 Å². The molecule has 4 saturated carbocycles. The predicted molar refractivity (Wildman–Crippen MR) is 194 cm³/mol. The minimum Gasteiger partial charge on any atom is -0.453 e. The third kappa shape index (κ3) is 7.14. The van der Waals surface area contributed by atoms with Crippen LogP contribution < -0.4 is 4.74 Å². The molecule has 2 aromatic rings. The van der Waals surface area contributed by atoms with E-state index in [2.05, 4.69) is 62.2 Å². The Morgan fingerprint density at radius 1 is 0.652 bits per heavy atom. The summed E-state index contributed by atoms with van der Waals surface area (Å²) in [6, 6.07) is 11.5. The number of rotatable bonds is 7. The van der Waals surface area contributed by atoms with Gasteiger partial charge in [-0.3, -0.25) is 0 Å². The van der Waals surface area contributed by atoms with E-state index < -0.39 is 0 Å². The van der Waals surface area contributed by atoms with Crippen molar-refractivity contribution in [1.82, 2.24) is 4.98 Å². The Morgan fingerprint density at radius 2 is 1.17 bits per heavy atom. The van der Waals surface area contributed by atoms with Crippen molar-refractivity contribution < 1.29 is 4.74 Å². The average molecular weight is 621 g/mol. The van der Waals surface area contributed by atoms with Gasteiger partial charge in [0.1, 0.15) is 11.4 Å². The first-order chi connectivity index (χ1) is 22.4. The van der Waals surface area contributed by atoms with E-state index in [0.29, 0.717) is 23.7 Å². The zero-order valence-electron chi connectivity index (χ0n) is 29.3. The first-order valence-electron chi connectivity index (χ1n) is 19.5. The lowest BCUT2D eigenvalue weighted by molar-refractivity contribution is 0.404. The van der Waals surface area contributed by atoms with E-state index in [4.69, 9.17) is 9.73 Å². The number of nitrogens with zero attached hydrogens (tertiary/aromatic N) is 1. The van der Waals surface area contributed by atoms with Gasteiger partial charge in [0.25, 0.3) is 0 Å². The SMILES string of the molecule is CC(C)(C)c1ccc(O/C(=C2/N=C(C3CCCCC3)C=C2C2CCCCC2)c2[nH]c(C3CCCCC3)cc2C2CCCCC2)cc1. The molecule has 1 aromatic heterocycles. The maximum Gasteiger partial charge on any atom is 0.177 e. The van der Waals surface area contributed by atoms with Crippen LogP contribution in [0.25, 0.3) is 5.76 Å². The van der Waals surface area contributed by atoms with E-state index in [0.717, 1.165) is 17.2 Å². The number of aromatic nitrogens is 1. The molecule has 2 heterocycles. The maximum absolute atomic E-state index is 7.24. The van der Waals surface area contributed by atoms with Crippen molar-refractivity contribution in [2.75, 3.05) is 0 Å². The van der Waals surface area contributed by atoms with E-state index in [1.807, 2.05) is 0 Å². The first-order valence-corrected chi connectivity index (χ1v) is 19.5. The second-order valence-electron chi connectivity index (χ2n) is 16.6. The van der Waals surface area contributed by atoms with Crippen molar-refractivity contribution in [2.24, 2.45) is 16.8 Å². The van der Waals surface area contributed by atoms with Gasteiger partial charge in [-0.1, -0.05) is 110 Å². The Labute approximate surface area is 279 Å². The van der Waals surface area contributed by atoms with Crippen LogP contribution in [0.3, 0.4) is 0 Å². The molecule has 46 heavy (non-hydrogen) atoms. The molecule has 4 fully saturated rings. The monoisotopic (exact) mass is 620 g/mol. The Balaban J connectivity index is 1.38. The average Bonchev–Trinajstić information content (AvgIpc) is 3.75. The zero-order valence-corrected chi connectivity index (χ0v) is 29.3. The van der Waals surface area contributed by atoms with Crippen LogP contribution >= 0.6 is 0 Å². The van der Waals surface area contributed by atoms with Gasteiger partial charge in [0.15, 0.2) is 5.76 Å². The lowest BCUT2D eigenvalue weighted by atomic mass is 9.80. The van der Waals surface area contributed by atoms with Crippen molar-refractivity contribution in [3.8, 4) is 5.75 Å². The van der Waals surface area contributed by atoms with Crippen LogP contribution in [0.4, 0.5) is 0 Å². The molecule has 1 aromatic carbocycles. The molecule has 7 rings (SSSR count). The molecule has 248 valence electrons. The minimum absolute atomic E-state index is 0.115. The predicted octanol–water partition coefficient (Wildman–Crippen LogP) is 12.7. The van der Waals surface area contributed by atoms with Gasteiger partial charge in [-0.25, -0.2) is 4.99 Å². The smallest absolute Gasteiger partial charge is 0.177 e. The highest BCUT2D eigenvalue weighted by Crippen LogP contribution is 2.46. The summed E-state index contributed by atoms with van der Waals surface area (Å²) in [5.74, 6) is 4.36. The normalized spacial score (nSPS) is 24.2. The molecule has 4 aliphatic carbocycles. The summed E-state index contributed by atoms with van der Waals surface area (Å²) < 4.78 is 7.24. The molecule has 0 spiro atoms. The van der Waals surface area contributed by atoms with Gasteiger partial charge in [-0.15, -0.1) is 0 Å². The first kappa shape index (κ1) is 32.0. The van der Waals surface area contributed by atoms with E-state index in [-0.39, 0.29) is 5.41 Å². The molecule has 1 N–H and O–H groups in total. The number of benzene rings is 1. The summed E-state index contributed by atoms with van der Waals surface area (Å²) in [6.07, 6.45) is 29.1. The Bertz CT molecular complexity index is 1410. The number of nitrogens with one attached hydrogen (secondary N) is 1. The quantitative estimate of drug-likeness (QED) is 0.307. The summed E-state index contributed by atoms with van der Waals surface area (Å²) in [7, 11) is 0. The largest absolute Gasteiger partial charge is 0.453 e. The third-order valence-corrected chi connectivity index (χ3v) is 12.2. The molecule has 3 nitrogen and oxygen atoms in total. The van der Waals surface area contributed by atoms with Gasteiger partial charge in [0.05, 0.1) is 5.69 Å². The third-order valence-electron chi connectivity index (χ3n) is 12.2. The second kappa shape index (κ2) is 14.3. The number of aromatic amines is 1. The molecule has 1 aliphatic heterocycles. The molecule has 0 saturated heterocycles. The van der Waals surface area contributed by atoms with Crippen LogP contribution in [0.2, 0.25) is 0 Å². The maximum atomic E-state index is 7.24. The van der Waals surface area contributed by atoms with Gasteiger partial charge in [-0.2, -0.15) is 0 Å². The number of allylic oxidation sites excluding steroid dienone is 2. The van der Waals surface area contributed by atoms with Crippen LogP contribution in [-0.2, 0) is 5.41 Å². The topological polar surface area (TPSA) is 37.4 Å². The van der Waals surface area contributed by atoms with E-state index in [1.165, 1.54) is 162 Å². The van der Waals surface area contributed by atoms with Crippen LogP contribution in [0, 0.1) is 11.8 Å². The zero-order chi connectivity index (χ0) is 31.5. The highest BCUT2D eigenvalue weighted by molar-refractivity contribution is 6.03.